The normalized spacial score (nSPS) is 12.8. The van der Waals surface area contributed by atoms with Crippen molar-refractivity contribution in [1.82, 2.24) is 0 Å². The summed E-state index contributed by atoms with van der Waals surface area (Å²) in [5.74, 6) is -0.992. The zero-order valence-electron chi connectivity index (χ0n) is 7.97. The van der Waals surface area contributed by atoms with E-state index in [2.05, 4.69) is 0 Å². The predicted molar refractivity (Wildman–Crippen MR) is 46.2 cm³/mol. The predicted octanol–water partition coefficient (Wildman–Crippen LogP) is 1.60. The third kappa shape index (κ3) is 2.16. The molecule has 2 nitrogen and oxygen atoms in total. The van der Waals surface area contributed by atoms with Gasteiger partial charge in [0.2, 0.25) is 0 Å². The van der Waals surface area contributed by atoms with Crippen molar-refractivity contribution in [2.24, 2.45) is 10.8 Å². The number of Topliss-reactive ketones (excluding diaryl/α,β-unsaturated/α-hetero) is 2. The molecule has 0 N–H and O–H groups in total. The highest BCUT2D eigenvalue weighted by molar-refractivity contribution is 6.10. The first-order valence-corrected chi connectivity index (χ1v) is 3.74. The molecule has 0 aliphatic rings. The van der Waals surface area contributed by atoms with Crippen LogP contribution in [0.1, 0.15) is 27.7 Å². The van der Waals surface area contributed by atoms with Crippen molar-refractivity contribution in [3.63, 3.8) is 0 Å². The Hall–Kier alpha value is -0.660. The fraction of sp³-hybridized carbons (Fsp3) is 0.600. The largest absolute Gasteiger partial charge is 0.298 e. The summed E-state index contributed by atoms with van der Waals surface area (Å²) in [7, 11) is 0. The van der Waals surface area contributed by atoms with Gasteiger partial charge in [-0.3, -0.25) is 9.59 Å². The topological polar surface area (TPSA) is 34.1 Å². The second kappa shape index (κ2) is 3.00. The Kier molecular flexibility index (Phi) is 2.83. The van der Waals surface area contributed by atoms with Gasteiger partial charge in [-0.05, 0) is 20.8 Å². The molecule has 0 aromatic heterocycles. The van der Waals surface area contributed by atoms with Crippen LogP contribution in [0.5, 0.6) is 0 Å². The van der Waals surface area contributed by atoms with E-state index in [0.717, 1.165) is 0 Å². The average molecular weight is 166 g/mol. The Labute approximate surface area is 74.3 Å². The Balaban J connectivity index is 4.83. The highest BCUT2D eigenvalue weighted by atomic mass is 16.2. The fourth-order valence-electron chi connectivity index (χ4n) is 0.917. The minimum absolute atomic E-state index is 0.345. The van der Waals surface area contributed by atoms with Gasteiger partial charge >= 0.3 is 0 Å². The van der Waals surface area contributed by atoms with E-state index in [4.69, 9.17) is 13.8 Å². The van der Waals surface area contributed by atoms with Crippen molar-refractivity contribution >= 4 is 11.6 Å². The highest BCUT2D eigenvalue weighted by Gasteiger charge is 2.39. The molecule has 2 heteroatoms. The zero-order valence-corrected chi connectivity index (χ0v) is 7.97. The lowest BCUT2D eigenvalue weighted by atomic mass is 9.73. The molecule has 0 aliphatic carbocycles. The minimum atomic E-state index is -1.18. The van der Waals surface area contributed by atoms with Crippen LogP contribution in [0.15, 0.2) is 0 Å². The number of hydrogen-bond donors (Lipinski definition) is 0. The van der Waals surface area contributed by atoms with Crippen LogP contribution in [0.4, 0.5) is 0 Å². The maximum absolute atomic E-state index is 11.5. The second-order valence-corrected chi connectivity index (χ2v) is 4.04. The third-order valence-electron chi connectivity index (χ3n) is 1.77. The van der Waals surface area contributed by atoms with E-state index in [1.165, 1.54) is 13.8 Å². The zero-order chi connectivity index (χ0) is 10.2. The summed E-state index contributed by atoms with van der Waals surface area (Å²) >= 11 is 0. The molecule has 0 fully saturated rings. The Morgan fingerprint density at radius 3 is 1.50 bits per heavy atom. The lowest BCUT2D eigenvalue weighted by molar-refractivity contribution is -0.140. The molecule has 0 amide bonds. The van der Waals surface area contributed by atoms with Gasteiger partial charge < -0.3 is 0 Å². The first-order valence-electron chi connectivity index (χ1n) is 3.74. The van der Waals surface area contributed by atoms with Gasteiger partial charge in [0.1, 0.15) is 5.78 Å². The standard InChI is InChI=1S/C10H14O2/c1-7(11)10(5,6)8(12)9(2,3)4/h1-2H,3-6H3. The number of hydrogen-bond acceptors (Lipinski definition) is 2. The first-order chi connectivity index (χ1) is 5.10. The summed E-state index contributed by atoms with van der Waals surface area (Å²) < 4.78 is 0. The summed E-state index contributed by atoms with van der Waals surface area (Å²) in [6, 6.07) is 0. The van der Waals surface area contributed by atoms with Crippen molar-refractivity contribution in [3.8, 4) is 0 Å². The molecule has 0 aliphatic heterocycles. The molecule has 0 bridgehead atoms. The highest BCUT2D eigenvalue weighted by Crippen LogP contribution is 2.29. The van der Waals surface area contributed by atoms with Gasteiger partial charge in [0.15, 0.2) is 5.78 Å². The SMILES string of the molecule is [CH]C(=O)C(C)(C)C(=O)C([CH])(C)C. The number of rotatable bonds is 3. The van der Waals surface area contributed by atoms with Gasteiger partial charge in [0.05, 0.1) is 5.41 Å². The summed E-state index contributed by atoms with van der Waals surface area (Å²) in [6.45, 7) is 16.7. The van der Waals surface area contributed by atoms with Crippen molar-refractivity contribution in [2.75, 3.05) is 0 Å². The fourth-order valence-corrected chi connectivity index (χ4v) is 0.917. The quantitative estimate of drug-likeness (QED) is 0.597. The van der Waals surface area contributed by atoms with Crippen LogP contribution in [0, 0.1) is 24.7 Å². The number of ketones is 2. The minimum Gasteiger partial charge on any atom is -0.298 e. The third-order valence-corrected chi connectivity index (χ3v) is 1.77. The molecule has 0 saturated carbocycles. The van der Waals surface area contributed by atoms with Gasteiger partial charge in [-0.2, -0.15) is 0 Å². The molecule has 0 aromatic rings. The molecule has 12 heavy (non-hydrogen) atoms. The lowest BCUT2D eigenvalue weighted by Crippen LogP contribution is -2.39. The summed E-state index contributed by atoms with van der Waals surface area (Å²) in [4.78, 5) is 22.4. The van der Waals surface area contributed by atoms with Gasteiger partial charge in [0, 0.05) is 12.3 Å². The van der Waals surface area contributed by atoms with E-state index < -0.39 is 16.6 Å². The molecular formula is C10H14O2. The molecule has 0 atom stereocenters. The van der Waals surface area contributed by atoms with Gasteiger partial charge in [0.25, 0.3) is 0 Å². The first kappa shape index (κ1) is 11.3. The van der Waals surface area contributed by atoms with Gasteiger partial charge in [-0.25, -0.2) is 0 Å². The molecule has 4 radical (unpaired) electrons. The van der Waals surface area contributed by atoms with E-state index in [1.54, 1.807) is 13.8 Å². The smallest absolute Gasteiger partial charge is 0.151 e. The molecule has 0 saturated heterocycles. The van der Waals surface area contributed by atoms with E-state index in [1.807, 2.05) is 0 Å². The molecule has 0 spiro atoms. The van der Waals surface area contributed by atoms with Crippen LogP contribution in [0.25, 0.3) is 0 Å². The second-order valence-electron chi connectivity index (χ2n) is 4.04. The Morgan fingerprint density at radius 1 is 1.08 bits per heavy atom. The monoisotopic (exact) mass is 166 g/mol. The Morgan fingerprint density at radius 2 is 1.42 bits per heavy atom. The van der Waals surface area contributed by atoms with Crippen LogP contribution >= 0.6 is 0 Å². The van der Waals surface area contributed by atoms with E-state index in [-0.39, 0.29) is 5.78 Å². The molecule has 66 valence electrons. The summed E-state index contributed by atoms with van der Waals surface area (Å²) in [6.07, 6.45) is 0. The molecule has 0 unspecified atom stereocenters. The lowest BCUT2D eigenvalue weighted by Gasteiger charge is -2.27. The average Bonchev–Trinajstić information content (AvgIpc) is 1.83. The number of carbonyl (C=O) groups is 2. The van der Waals surface area contributed by atoms with Crippen LogP contribution in [-0.2, 0) is 9.59 Å². The van der Waals surface area contributed by atoms with Gasteiger partial charge in [-0.15, -0.1) is 0 Å². The van der Waals surface area contributed by atoms with Crippen molar-refractivity contribution in [1.29, 1.82) is 0 Å². The van der Waals surface area contributed by atoms with E-state index in [0.29, 0.717) is 0 Å². The van der Waals surface area contributed by atoms with E-state index >= 15 is 0 Å². The van der Waals surface area contributed by atoms with Crippen LogP contribution in [-0.4, -0.2) is 11.6 Å². The van der Waals surface area contributed by atoms with Crippen LogP contribution in [0.2, 0.25) is 0 Å². The summed E-state index contributed by atoms with van der Waals surface area (Å²) in [5.41, 5.74) is -2.20. The van der Waals surface area contributed by atoms with Crippen LogP contribution < -0.4 is 0 Å². The summed E-state index contributed by atoms with van der Waals surface area (Å²) in [5, 5.41) is 0. The maximum Gasteiger partial charge on any atom is 0.151 e. The van der Waals surface area contributed by atoms with Crippen LogP contribution in [0.3, 0.4) is 0 Å². The molecule has 0 rings (SSSR count). The van der Waals surface area contributed by atoms with Crippen molar-refractivity contribution < 1.29 is 9.59 Å². The van der Waals surface area contributed by atoms with Crippen molar-refractivity contribution in [2.45, 2.75) is 27.7 Å². The maximum atomic E-state index is 11.5. The van der Waals surface area contributed by atoms with E-state index in [9.17, 15) is 9.59 Å². The Bertz CT molecular complexity index is 206. The molecular weight excluding hydrogens is 152 g/mol. The molecule has 0 aromatic carbocycles. The molecule has 0 heterocycles. The van der Waals surface area contributed by atoms with Gasteiger partial charge in [-0.1, -0.05) is 13.8 Å². The number of carbonyl (C=O) groups excluding carboxylic acids is 2. The van der Waals surface area contributed by atoms with Crippen molar-refractivity contribution in [3.05, 3.63) is 13.8 Å².